The molecule has 0 saturated carbocycles. The van der Waals surface area contributed by atoms with Crippen LogP contribution in [0.5, 0.6) is 11.5 Å². The first-order valence-corrected chi connectivity index (χ1v) is 6.54. The second kappa shape index (κ2) is 5.45. The SMILES string of the molecule is Cc1cc(Oc2cccc(C(=O)O)c2)cc(C)c1Br. The molecule has 2 rings (SSSR count). The molecule has 0 unspecified atom stereocenters. The molecular formula is C15H13BrO3. The maximum atomic E-state index is 10.9. The van der Waals surface area contributed by atoms with Gasteiger partial charge in [0.1, 0.15) is 11.5 Å². The van der Waals surface area contributed by atoms with Crippen LogP contribution in [0.2, 0.25) is 0 Å². The Kier molecular flexibility index (Phi) is 3.90. The third kappa shape index (κ3) is 3.15. The molecule has 0 aliphatic heterocycles. The van der Waals surface area contributed by atoms with E-state index in [0.29, 0.717) is 11.5 Å². The van der Waals surface area contributed by atoms with Crippen molar-refractivity contribution in [3.8, 4) is 11.5 Å². The van der Waals surface area contributed by atoms with Gasteiger partial charge in [0.2, 0.25) is 0 Å². The van der Waals surface area contributed by atoms with Gasteiger partial charge in [-0.15, -0.1) is 0 Å². The molecule has 4 heteroatoms. The number of hydrogen-bond donors (Lipinski definition) is 1. The highest BCUT2D eigenvalue weighted by Gasteiger charge is 2.07. The van der Waals surface area contributed by atoms with Crippen LogP contribution in [0.25, 0.3) is 0 Å². The Bertz CT molecular complexity index is 612. The lowest BCUT2D eigenvalue weighted by Crippen LogP contribution is -1.96. The molecule has 2 aromatic carbocycles. The van der Waals surface area contributed by atoms with Crippen molar-refractivity contribution in [1.29, 1.82) is 0 Å². The summed E-state index contributed by atoms with van der Waals surface area (Å²) in [4.78, 5) is 10.9. The fourth-order valence-electron chi connectivity index (χ4n) is 1.79. The summed E-state index contributed by atoms with van der Waals surface area (Å²) < 4.78 is 6.76. The monoisotopic (exact) mass is 320 g/mol. The molecule has 0 bridgehead atoms. The maximum absolute atomic E-state index is 10.9. The van der Waals surface area contributed by atoms with E-state index >= 15 is 0 Å². The minimum atomic E-state index is -0.964. The minimum Gasteiger partial charge on any atom is -0.478 e. The van der Waals surface area contributed by atoms with E-state index in [0.717, 1.165) is 15.6 Å². The topological polar surface area (TPSA) is 46.5 Å². The largest absolute Gasteiger partial charge is 0.478 e. The standard InChI is InChI=1S/C15H13BrO3/c1-9-6-13(7-10(2)14(9)16)19-12-5-3-4-11(8-12)15(17)18/h3-8H,1-2H3,(H,17,18). The molecule has 2 aromatic rings. The Morgan fingerprint density at radius 1 is 1.11 bits per heavy atom. The molecule has 0 fully saturated rings. The molecule has 0 atom stereocenters. The highest BCUT2D eigenvalue weighted by Crippen LogP contribution is 2.29. The molecule has 98 valence electrons. The van der Waals surface area contributed by atoms with Crippen LogP contribution in [0.15, 0.2) is 40.9 Å². The first-order chi connectivity index (χ1) is 8.97. The Labute approximate surface area is 120 Å². The van der Waals surface area contributed by atoms with Crippen LogP contribution in [-0.4, -0.2) is 11.1 Å². The predicted octanol–water partition coefficient (Wildman–Crippen LogP) is 4.56. The summed E-state index contributed by atoms with van der Waals surface area (Å²) in [5.74, 6) is 0.246. The fourth-order valence-corrected chi connectivity index (χ4v) is 2.02. The summed E-state index contributed by atoms with van der Waals surface area (Å²) in [6.45, 7) is 3.97. The van der Waals surface area contributed by atoms with Gasteiger partial charge < -0.3 is 9.84 Å². The van der Waals surface area contributed by atoms with E-state index in [2.05, 4.69) is 15.9 Å². The number of aromatic carboxylic acids is 1. The van der Waals surface area contributed by atoms with Gasteiger partial charge in [0.05, 0.1) is 5.56 Å². The second-order valence-electron chi connectivity index (χ2n) is 4.31. The van der Waals surface area contributed by atoms with Crippen LogP contribution < -0.4 is 4.74 Å². The summed E-state index contributed by atoms with van der Waals surface area (Å²) in [7, 11) is 0. The summed E-state index contributed by atoms with van der Waals surface area (Å²) in [5, 5.41) is 8.94. The molecule has 0 aromatic heterocycles. The Balaban J connectivity index is 2.31. The highest BCUT2D eigenvalue weighted by molar-refractivity contribution is 9.10. The van der Waals surface area contributed by atoms with Crippen molar-refractivity contribution in [2.75, 3.05) is 0 Å². The smallest absolute Gasteiger partial charge is 0.335 e. The molecule has 0 aliphatic rings. The number of hydrogen-bond acceptors (Lipinski definition) is 2. The minimum absolute atomic E-state index is 0.211. The van der Waals surface area contributed by atoms with Crippen LogP contribution in [0, 0.1) is 13.8 Å². The number of aryl methyl sites for hydroxylation is 2. The number of carboxylic acids is 1. The molecular weight excluding hydrogens is 308 g/mol. The van der Waals surface area contributed by atoms with Crippen LogP contribution in [-0.2, 0) is 0 Å². The Morgan fingerprint density at radius 3 is 2.32 bits per heavy atom. The molecule has 0 spiro atoms. The number of carbonyl (C=O) groups is 1. The van der Waals surface area contributed by atoms with Crippen molar-refractivity contribution in [3.63, 3.8) is 0 Å². The van der Waals surface area contributed by atoms with Gasteiger partial charge in [-0.05, 0) is 55.3 Å². The van der Waals surface area contributed by atoms with E-state index < -0.39 is 5.97 Å². The predicted molar refractivity (Wildman–Crippen MR) is 77.1 cm³/mol. The highest BCUT2D eigenvalue weighted by atomic mass is 79.9. The van der Waals surface area contributed by atoms with Gasteiger partial charge in [-0.25, -0.2) is 4.79 Å². The first kappa shape index (κ1) is 13.6. The first-order valence-electron chi connectivity index (χ1n) is 5.75. The van der Waals surface area contributed by atoms with Crippen molar-refractivity contribution in [1.82, 2.24) is 0 Å². The van der Waals surface area contributed by atoms with Gasteiger partial charge in [0.15, 0.2) is 0 Å². The Hall–Kier alpha value is -1.81. The van der Waals surface area contributed by atoms with E-state index in [9.17, 15) is 4.79 Å². The van der Waals surface area contributed by atoms with Crippen molar-refractivity contribution < 1.29 is 14.6 Å². The molecule has 1 N–H and O–H groups in total. The fraction of sp³-hybridized carbons (Fsp3) is 0.133. The molecule has 0 saturated heterocycles. The van der Waals surface area contributed by atoms with Gasteiger partial charge >= 0.3 is 5.97 Å². The van der Waals surface area contributed by atoms with Crippen LogP contribution >= 0.6 is 15.9 Å². The zero-order valence-corrected chi connectivity index (χ0v) is 12.2. The number of ether oxygens (including phenoxy) is 1. The van der Waals surface area contributed by atoms with Gasteiger partial charge in [-0.2, -0.15) is 0 Å². The molecule has 0 amide bonds. The lowest BCUT2D eigenvalue weighted by molar-refractivity contribution is 0.0696. The van der Waals surface area contributed by atoms with Crippen LogP contribution in [0.4, 0.5) is 0 Å². The summed E-state index contributed by atoms with van der Waals surface area (Å²) in [5.41, 5.74) is 2.36. The zero-order chi connectivity index (χ0) is 14.0. The van der Waals surface area contributed by atoms with Crippen molar-refractivity contribution >= 4 is 21.9 Å². The summed E-state index contributed by atoms with van der Waals surface area (Å²) >= 11 is 3.50. The van der Waals surface area contributed by atoms with Gasteiger partial charge in [0, 0.05) is 4.47 Å². The summed E-state index contributed by atoms with van der Waals surface area (Å²) in [6, 6.07) is 10.3. The lowest BCUT2D eigenvalue weighted by atomic mass is 10.1. The van der Waals surface area contributed by atoms with Crippen molar-refractivity contribution in [2.24, 2.45) is 0 Å². The van der Waals surface area contributed by atoms with Gasteiger partial charge in [-0.3, -0.25) is 0 Å². The van der Waals surface area contributed by atoms with Gasteiger partial charge in [-0.1, -0.05) is 22.0 Å². The third-order valence-corrected chi connectivity index (χ3v) is 3.98. The van der Waals surface area contributed by atoms with Crippen LogP contribution in [0.1, 0.15) is 21.5 Å². The van der Waals surface area contributed by atoms with E-state index in [1.54, 1.807) is 12.1 Å². The lowest BCUT2D eigenvalue weighted by Gasteiger charge is -2.10. The number of rotatable bonds is 3. The molecule has 0 aliphatic carbocycles. The van der Waals surface area contributed by atoms with E-state index in [-0.39, 0.29) is 5.56 Å². The van der Waals surface area contributed by atoms with Crippen molar-refractivity contribution in [3.05, 3.63) is 57.6 Å². The summed E-state index contributed by atoms with van der Waals surface area (Å²) in [6.07, 6.45) is 0. The van der Waals surface area contributed by atoms with Gasteiger partial charge in [0.25, 0.3) is 0 Å². The maximum Gasteiger partial charge on any atom is 0.335 e. The molecule has 0 radical (unpaired) electrons. The second-order valence-corrected chi connectivity index (χ2v) is 5.10. The Morgan fingerprint density at radius 2 is 1.74 bits per heavy atom. The van der Waals surface area contributed by atoms with E-state index in [1.165, 1.54) is 12.1 Å². The van der Waals surface area contributed by atoms with E-state index in [1.807, 2.05) is 26.0 Å². The molecule has 19 heavy (non-hydrogen) atoms. The zero-order valence-electron chi connectivity index (χ0n) is 10.6. The number of halogens is 1. The van der Waals surface area contributed by atoms with Crippen LogP contribution in [0.3, 0.4) is 0 Å². The normalized spacial score (nSPS) is 10.3. The van der Waals surface area contributed by atoms with E-state index in [4.69, 9.17) is 9.84 Å². The number of carboxylic acid groups (broad SMARTS) is 1. The quantitative estimate of drug-likeness (QED) is 0.902. The molecule has 3 nitrogen and oxygen atoms in total. The molecule has 0 heterocycles. The van der Waals surface area contributed by atoms with Crippen molar-refractivity contribution in [2.45, 2.75) is 13.8 Å². The third-order valence-electron chi connectivity index (χ3n) is 2.73. The average molecular weight is 321 g/mol. The number of benzene rings is 2. The average Bonchev–Trinajstić information content (AvgIpc) is 2.36.